The van der Waals surface area contributed by atoms with Crippen LogP contribution in [0.1, 0.15) is 119 Å². The number of hydrogen-bond acceptors (Lipinski definition) is 5. The summed E-state index contributed by atoms with van der Waals surface area (Å²) in [6.45, 7) is 17.6. The number of phenols is 1. The van der Waals surface area contributed by atoms with E-state index >= 15 is 0 Å². The number of carbonyl (C=O) groups excluding carboxylic acids is 2. The van der Waals surface area contributed by atoms with Gasteiger partial charge in [-0.15, -0.1) is 0 Å². The monoisotopic (exact) mass is 709 g/mol. The highest BCUT2D eigenvalue weighted by molar-refractivity contribution is 5.92. The van der Waals surface area contributed by atoms with Gasteiger partial charge in [0.25, 0.3) is 0 Å². The van der Waals surface area contributed by atoms with E-state index in [0.29, 0.717) is 43.2 Å². The maximum atomic E-state index is 12.5. The second kappa shape index (κ2) is 29.2. The molecule has 10 heteroatoms. The number of ketones is 1. The number of phenolic OH excluding ortho intramolecular Hbond substituents is 1. The van der Waals surface area contributed by atoms with Crippen LogP contribution in [0.2, 0.25) is 0 Å². The SMILES string of the molecule is CC.CC(C)=O.CCCCC(C)CCC(=O)Nc1cc2ccccc2cn1.CCCCN(CCC)CC(F)(F)F.CCc1cccc(F)c1O. The molecule has 0 saturated heterocycles. The van der Waals surface area contributed by atoms with E-state index in [1.807, 2.05) is 65.0 Å². The lowest BCUT2D eigenvalue weighted by atomic mass is 9.99. The highest BCUT2D eigenvalue weighted by Gasteiger charge is 2.29. The number of aryl methyl sites for hydroxylation is 1. The molecule has 0 spiro atoms. The molecular weight excluding hydrogens is 646 g/mol. The summed E-state index contributed by atoms with van der Waals surface area (Å²) in [5, 5.41) is 14.1. The van der Waals surface area contributed by atoms with Crippen LogP contribution < -0.4 is 5.32 Å². The Labute approximate surface area is 299 Å². The van der Waals surface area contributed by atoms with Crippen LogP contribution in [0.25, 0.3) is 10.8 Å². The lowest BCUT2D eigenvalue weighted by Crippen LogP contribution is -2.35. The van der Waals surface area contributed by atoms with Crippen molar-refractivity contribution in [3.63, 3.8) is 0 Å². The predicted octanol–water partition coefficient (Wildman–Crippen LogP) is 11.6. The maximum absolute atomic E-state index is 12.5. The number of rotatable bonds is 14. The van der Waals surface area contributed by atoms with Crippen LogP contribution in [0.4, 0.5) is 23.4 Å². The molecule has 1 heterocycles. The minimum absolute atomic E-state index is 0.0566. The molecule has 3 aromatic rings. The minimum Gasteiger partial charge on any atom is -0.505 e. The Balaban J connectivity index is 0. The van der Waals surface area contributed by atoms with Gasteiger partial charge >= 0.3 is 6.18 Å². The lowest BCUT2D eigenvalue weighted by Gasteiger charge is -2.22. The fourth-order valence-electron chi connectivity index (χ4n) is 4.50. The van der Waals surface area contributed by atoms with Crippen LogP contribution in [-0.2, 0) is 16.0 Å². The van der Waals surface area contributed by atoms with Crippen molar-refractivity contribution in [1.82, 2.24) is 9.88 Å². The van der Waals surface area contributed by atoms with Crippen molar-refractivity contribution in [3.05, 3.63) is 66.1 Å². The smallest absolute Gasteiger partial charge is 0.401 e. The molecule has 1 atom stereocenters. The molecule has 0 radical (unpaired) electrons. The molecule has 0 aliphatic carbocycles. The summed E-state index contributed by atoms with van der Waals surface area (Å²) in [6, 6.07) is 14.5. The number of benzene rings is 2. The number of hydrogen-bond donors (Lipinski definition) is 2. The zero-order valence-corrected chi connectivity index (χ0v) is 31.9. The lowest BCUT2D eigenvalue weighted by molar-refractivity contribution is -0.146. The van der Waals surface area contributed by atoms with E-state index in [1.165, 1.54) is 44.1 Å². The number of Topliss-reactive ketones (excluding diaryl/α,β-unsaturated/α-hetero) is 1. The Hall–Kier alpha value is -3.53. The summed E-state index contributed by atoms with van der Waals surface area (Å²) in [7, 11) is 0. The minimum atomic E-state index is -4.05. The summed E-state index contributed by atoms with van der Waals surface area (Å²) in [4.78, 5) is 27.2. The van der Waals surface area contributed by atoms with E-state index in [-0.39, 0.29) is 17.4 Å². The van der Waals surface area contributed by atoms with E-state index in [1.54, 1.807) is 18.3 Å². The number of halogens is 4. The van der Waals surface area contributed by atoms with Gasteiger partial charge in [0.2, 0.25) is 5.91 Å². The van der Waals surface area contributed by atoms with Gasteiger partial charge in [-0.3, -0.25) is 9.69 Å². The van der Waals surface area contributed by atoms with Crippen molar-refractivity contribution in [2.75, 3.05) is 25.0 Å². The van der Waals surface area contributed by atoms with Crippen molar-refractivity contribution in [3.8, 4) is 5.75 Å². The molecule has 50 heavy (non-hydrogen) atoms. The largest absolute Gasteiger partial charge is 0.505 e. The Morgan fingerprint density at radius 3 is 2.00 bits per heavy atom. The number of fused-ring (bicyclic) bond motifs is 1. The first kappa shape index (κ1) is 48.6. The van der Waals surface area contributed by atoms with E-state index in [0.717, 1.165) is 36.5 Å². The van der Waals surface area contributed by atoms with Gasteiger partial charge in [0, 0.05) is 18.0 Å². The Bertz CT molecular complexity index is 1310. The molecule has 0 aliphatic rings. The molecule has 0 saturated carbocycles. The topological polar surface area (TPSA) is 82.5 Å². The zero-order chi connectivity index (χ0) is 38.5. The van der Waals surface area contributed by atoms with Gasteiger partial charge < -0.3 is 15.2 Å². The van der Waals surface area contributed by atoms with Crippen LogP contribution >= 0.6 is 0 Å². The van der Waals surface area contributed by atoms with Crippen LogP contribution in [-0.4, -0.2) is 52.5 Å². The quantitative estimate of drug-likeness (QED) is 0.163. The number of para-hydroxylation sites is 1. The van der Waals surface area contributed by atoms with Crippen molar-refractivity contribution >= 4 is 28.3 Å². The van der Waals surface area contributed by atoms with Gasteiger partial charge in [0.05, 0.1) is 6.54 Å². The van der Waals surface area contributed by atoms with E-state index in [4.69, 9.17) is 5.11 Å². The number of unbranched alkanes of at least 4 members (excludes halogenated alkanes) is 2. The van der Waals surface area contributed by atoms with Gasteiger partial charge in [-0.1, -0.05) is 111 Å². The van der Waals surface area contributed by atoms with E-state index < -0.39 is 18.5 Å². The van der Waals surface area contributed by atoms with E-state index in [9.17, 15) is 27.2 Å². The molecule has 2 N–H and O–H groups in total. The van der Waals surface area contributed by atoms with Crippen molar-refractivity contribution in [1.29, 1.82) is 0 Å². The first-order valence-electron chi connectivity index (χ1n) is 18.0. The normalized spacial score (nSPS) is 11.0. The van der Waals surface area contributed by atoms with Crippen LogP contribution in [0, 0.1) is 11.7 Å². The molecule has 2 aromatic carbocycles. The highest BCUT2D eigenvalue weighted by Crippen LogP contribution is 2.21. The number of nitrogens with zero attached hydrogens (tertiary/aromatic N) is 2. The molecule has 1 aromatic heterocycles. The fourth-order valence-corrected chi connectivity index (χ4v) is 4.50. The first-order valence-corrected chi connectivity index (χ1v) is 18.0. The van der Waals surface area contributed by atoms with Gasteiger partial charge in [-0.05, 0) is 81.6 Å². The molecule has 1 amide bonds. The molecule has 0 aliphatic heterocycles. The summed E-state index contributed by atoms with van der Waals surface area (Å²) in [6.07, 6.45) is 6.15. The summed E-state index contributed by atoms with van der Waals surface area (Å²) < 4.78 is 48.6. The van der Waals surface area contributed by atoms with Crippen molar-refractivity contribution in [2.45, 2.75) is 126 Å². The number of amides is 1. The van der Waals surface area contributed by atoms with Crippen LogP contribution in [0.5, 0.6) is 5.75 Å². The second-order valence-corrected chi connectivity index (χ2v) is 12.0. The Morgan fingerprint density at radius 1 is 0.880 bits per heavy atom. The molecule has 0 bridgehead atoms. The summed E-state index contributed by atoms with van der Waals surface area (Å²) in [5.74, 6) is 0.714. The third-order valence-electron chi connectivity index (χ3n) is 7.03. The third-order valence-corrected chi connectivity index (χ3v) is 7.03. The van der Waals surface area contributed by atoms with E-state index in [2.05, 4.69) is 24.1 Å². The highest BCUT2D eigenvalue weighted by atomic mass is 19.4. The van der Waals surface area contributed by atoms with Gasteiger partial charge in [0.1, 0.15) is 11.6 Å². The fraction of sp³-hybridized carbons (Fsp3) is 0.575. The predicted molar refractivity (Wildman–Crippen MR) is 201 cm³/mol. The Kier molecular flexibility index (Phi) is 28.4. The Morgan fingerprint density at radius 2 is 1.48 bits per heavy atom. The standard InChI is InChI=1S/C18H24N2O.C9H18F3N.C8H9FO.C3H6O.C2H6/c1-3-4-7-14(2)10-11-18(21)20-17-12-15-8-5-6-9-16(15)13-19-17;1-3-5-7-13(6-4-2)8-9(10,11)12;1-2-6-4-3-5-7(9)8(6)10;1-3(2)4;1-2/h5-6,8-9,12-14H,3-4,7,10-11H2,1-2H3,(H,19,20,21);3-8H2,1-2H3;3-5,10H,2H2,1H3;1-2H3;1-2H3. The van der Waals surface area contributed by atoms with Crippen LogP contribution in [0.3, 0.4) is 0 Å². The average Bonchev–Trinajstić information content (AvgIpc) is 3.07. The molecular formula is C40H63F4N3O3. The third kappa shape index (κ3) is 25.4. The number of alkyl halides is 3. The molecule has 1 unspecified atom stereocenters. The number of aromatic nitrogens is 1. The number of nitrogens with one attached hydrogen (secondary N) is 1. The first-order chi connectivity index (χ1) is 23.7. The van der Waals surface area contributed by atoms with Crippen LogP contribution in [0.15, 0.2) is 54.7 Å². The zero-order valence-electron chi connectivity index (χ0n) is 31.9. The molecule has 3 rings (SSSR count). The number of carbonyl (C=O) groups is 2. The van der Waals surface area contributed by atoms with Gasteiger partial charge in [0.15, 0.2) is 11.6 Å². The summed E-state index contributed by atoms with van der Waals surface area (Å²) >= 11 is 0. The summed E-state index contributed by atoms with van der Waals surface area (Å²) in [5.41, 5.74) is 0.653. The van der Waals surface area contributed by atoms with Gasteiger partial charge in [-0.2, -0.15) is 13.2 Å². The number of pyridine rings is 1. The molecule has 284 valence electrons. The average molecular weight is 710 g/mol. The molecule has 0 fully saturated rings. The second-order valence-electron chi connectivity index (χ2n) is 12.0. The van der Waals surface area contributed by atoms with Crippen molar-refractivity contribution in [2.24, 2.45) is 5.92 Å². The van der Waals surface area contributed by atoms with Crippen molar-refractivity contribution < 1.29 is 32.3 Å². The maximum Gasteiger partial charge on any atom is 0.401 e. The molecule has 6 nitrogen and oxygen atoms in total. The number of aromatic hydroxyl groups is 1. The number of anilines is 1. The van der Waals surface area contributed by atoms with Gasteiger partial charge in [-0.25, -0.2) is 9.37 Å².